The average molecular weight is 286 g/mol. The predicted molar refractivity (Wildman–Crippen MR) is 92.1 cm³/mol. The van der Waals surface area contributed by atoms with Gasteiger partial charge in [-0.25, -0.2) is 0 Å². The molecule has 0 saturated heterocycles. The number of hydrogen-bond donors (Lipinski definition) is 0. The van der Waals surface area contributed by atoms with Gasteiger partial charge in [0.2, 0.25) is 0 Å². The molecule has 1 aromatic rings. The van der Waals surface area contributed by atoms with Gasteiger partial charge in [0.05, 0.1) is 0 Å². The molecule has 0 heteroatoms. The minimum absolute atomic E-state index is 1.20. The second-order valence-corrected chi connectivity index (χ2v) is 7.16. The summed E-state index contributed by atoms with van der Waals surface area (Å²) in [6.07, 6.45) is 19.4. The standard InChI is InChI=1S/C22H22/c1-2-16-6-10-20-13-19-9-5-15(1)17-3-4-18(16)8-12-22(20)14-21(19)11-7-17/h1-4,13-14H,5-12H2/b2-1-,4-3-,15-1?,16-2?,17-3?,17-15-,18-4?,18-16-. The van der Waals surface area contributed by atoms with Crippen molar-refractivity contribution in [2.45, 2.75) is 51.4 Å². The van der Waals surface area contributed by atoms with Gasteiger partial charge in [-0.3, -0.25) is 0 Å². The van der Waals surface area contributed by atoms with Crippen molar-refractivity contribution in [3.63, 3.8) is 0 Å². The summed E-state index contributed by atoms with van der Waals surface area (Å²) < 4.78 is 0. The van der Waals surface area contributed by atoms with Crippen LogP contribution in [0.25, 0.3) is 0 Å². The van der Waals surface area contributed by atoms with Crippen molar-refractivity contribution in [2.24, 2.45) is 0 Å². The van der Waals surface area contributed by atoms with Gasteiger partial charge in [0, 0.05) is 0 Å². The summed E-state index contributed by atoms with van der Waals surface area (Å²) in [5.41, 5.74) is 12.8. The van der Waals surface area contributed by atoms with E-state index in [0.717, 1.165) is 0 Å². The van der Waals surface area contributed by atoms with E-state index >= 15 is 0 Å². The van der Waals surface area contributed by atoms with Crippen molar-refractivity contribution in [1.82, 2.24) is 0 Å². The third-order valence-corrected chi connectivity index (χ3v) is 5.97. The van der Waals surface area contributed by atoms with E-state index in [2.05, 4.69) is 36.4 Å². The molecule has 0 fully saturated rings. The van der Waals surface area contributed by atoms with E-state index in [0.29, 0.717) is 0 Å². The molecule has 0 saturated carbocycles. The minimum atomic E-state index is 1.20. The minimum Gasteiger partial charge on any atom is -0.0585 e. The lowest BCUT2D eigenvalue weighted by Crippen LogP contribution is -2.06. The average Bonchev–Trinajstić information content (AvgIpc) is 2.51. The zero-order valence-electron chi connectivity index (χ0n) is 13.1. The van der Waals surface area contributed by atoms with Crippen LogP contribution in [-0.4, -0.2) is 0 Å². The molecular formula is C22H22. The van der Waals surface area contributed by atoms with Crippen LogP contribution in [0.3, 0.4) is 0 Å². The number of allylic oxidation sites excluding steroid dienone is 8. The number of aryl methyl sites for hydroxylation is 4. The van der Waals surface area contributed by atoms with Crippen LogP contribution in [0.1, 0.15) is 47.9 Å². The maximum Gasteiger partial charge on any atom is -0.0235 e. The summed E-state index contributed by atoms with van der Waals surface area (Å²) in [5.74, 6) is 0. The first-order valence-electron chi connectivity index (χ1n) is 8.80. The van der Waals surface area contributed by atoms with Gasteiger partial charge in [-0.15, -0.1) is 0 Å². The molecule has 3 aliphatic carbocycles. The van der Waals surface area contributed by atoms with Crippen LogP contribution in [0.4, 0.5) is 0 Å². The van der Waals surface area contributed by atoms with Crippen LogP contribution in [0.5, 0.6) is 0 Å². The molecule has 3 aliphatic rings. The number of rotatable bonds is 0. The van der Waals surface area contributed by atoms with Crippen LogP contribution in [0.2, 0.25) is 0 Å². The van der Waals surface area contributed by atoms with Crippen LogP contribution < -0.4 is 0 Å². The highest BCUT2D eigenvalue weighted by molar-refractivity contribution is 5.50. The van der Waals surface area contributed by atoms with Gasteiger partial charge in [0.15, 0.2) is 0 Å². The number of benzene rings is 1. The number of hydrogen-bond acceptors (Lipinski definition) is 0. The highest BCUT2D eigenvalue weighted by Gasteiger charge is 2.20. The van der Waals surface area contributed by atoms with Crippen LogP contribution >= 0.6 is 0 Å². The molecule has 0 radical (unpaired) electrons. The Morgan fingerprint density at radius 1 is 0.364 bits per heavy atom. The van der Waals surface area contributed by atoms with Crippen LogP contribution in [0.15, 0.2) is 58.7 Å². The Hall–Kier alpha value is -1.82. The highest BCUT2D eigenvalue weighted by atomic mass is 14.2. The van der Waals surface area contributed by atoms with E-state index in [1.807, 2.05) is 0 Å². The van der Waals surface area contributed by atoms with Crippen LogP contribution in [0, 0.1) is 0 Å². The molecule has 0 aliphatic heterocycles. The zero-order valence-corrected chi connectivity index (χ0v) is 13.1. The highest BCUT2D eigenvalue weighted by Crippen LogP contribution is 2.35. The summed E-state index contributed by atoms with van der Waals surface area (Å²) in [7, 11) is 0. The van der Waals surface area contributed by atoms with Crippen molar-refractivity contribution in [2.75, 3.05) is 0 Å². The molecule has 4 rings (SSSR count). The van der Waals surface area contributed by atoms with Gasteiger partial charge < -0.3 is 0 Å². The predicted octanol–water partition coefficient (Wildman–Crippen LogP) is 5.18. The smallest absolute Gasteiger partial charge is 0.0235 e. The Morgan fingerprint density at radius 2 is 0.636 bits per heavy atom. The van der Waals surface area contributed by atoms with Gasteiger partial charge in [-0.2, -0.15) is 0 Å². The van der Waals surface area contributed by atoms with E-state index in [1.165, 1.54) is 51.4 Å². The molecular weight excluding hydrogens is 264 g/mol. The van der Waals surface area contributed by atoms with Crippen molar-refractivity contribution < 1.29 is 0 Å². The molecule has 0 unspecified atom stereocenters. The quantitative estimate of drug-likeness (QED) is 0.616. The fourth-order valence-corrected chi connectivity index (χ4v) is 4.61. The summed E-state index contributed by atoms with van der Waals surface area (Å²) in [6, 6.07) is 5.12. The molecule has 110 valence electrons. The summed E-state index contributed by atoms with van der Waals surface area (Å²) in [4.78, 5) is 0. The van der Waals surface area contributed by atoms with Crippen molar-refractivity contribution in [1.29, 1.82) is 0 Å². The molecule has 0 amide bonds. The molecule has 1 aromatic carbocycles. The Labute approximate surface area is 132 Å². The molecule has 0 atom stereocenters. The Balaban J connectivity index is 1.83. The second kappa shape index (κ2) is 4.84. The van der Waals surface area contributed by atoms with E-state index in [9.17, 15) is 0 Å². The molecule has 0 N–H and O–H groups in total. The maximum atomic E-state index is 2.56. The normalized spacial score (nSPS) is 31.6. The molecule has 0 bridgehead atoms. The molecule has 0 aromatic heterocycles. The summed E-state index contributed by atoms with van der Waals surface area (Å²) >= 11 is 0. The van der Waals surface area contributed by atoms with E-state index in [4.69, 9.17) is 0 Å². The largest absolute Gasteiger partial charge is 0.0585 e. The van der Waals surface area contributed by atoms with E-state index in [1.54, 1.807) is 44.5 Å². The van der Waals surface area contributed by atoms with Gasteiger partial charge in [-0.05, 0) is 95.9 Å². The third kappa shape index (κ3) is 1.97. The lowest BCUT2D eigenvalue weighted by Gasteiger charge is -2.20. The maximum absolute atomic E-state index is 2.56. The molecule has 0 spiro atoms. The first kappa shape index (κ1) is 12.7. The van der Waals surface area contributed by atoms with Gasteiger partial charge in [0.1, 0.15) is 0 Å². The lowest BCUT2D eigenvalue weighted by atomic mass is 9.85. The SMILES string of the molecule is C1=C\C2=C3/C=C\C4=C/1CCc1cc(c(cc1CC4)CC3)CC2. The summed E-state index contributed by atoms with van der Waals surface area (Å²) in [5, 5.41) is 0. The zero-order chi connectivity index (χ0) is 14.5. The van der Waals surface area contributed by atoms with Crippen molar-refractivity contribution in [3.8, 4) is 0 Å². The van der Waals surface area contributed by atoms with E-state index < -0.39 is 0 Å². The Morgan fingerprint density at radius 3 is 0.909 bits per heavy atom. The van der Waals surface area contributed by atoms with Crippen LogP contribution in [-0.2, 0) is 25.7 Å². The Bertz CT molecular complexity index is 654. The van der Waals surface area contributed by atoms with Gasteiger partial charge in [-0.1, -0.05) is 36.4 Å². The van der Waals surface area contributed by atoms with Crippen molar-refractivity contribution >= 4 is 0 Å². The monoisotopic (exact) mass is 286 g/mol. The Kier molecular flexibility index (Phi) is 2.80. The fourth-order valence-electron chi connectivity index (χ4n) is 4.61. The van der Waals surface area contributed by atoms with Gasteiger partial charge >= 0.3 is 0 Å². The second-order valence-electron chi connectivity index (χ2n) is 7.16. The lowest BCUT2D eigenvalue weighted by molar-refractivity contribution is 0.824. The summed E-state index contributed by atoms with van der Waals surface area (Å²) in [6.45, 7) is 0. The molecule has 0 heterocycles. The topological polar surface area (TPSA) is 0 Å². The first-order valence-corrected chi connectivity index (χ1v) is 8.80. The molecule has 22 heavy (non-hydrogen) atoms. The van der Waals surface area contributed by atoms with Crippen molar-refractivity contribution in [3.05, 3.63) is 81.0 Å². The van der Waals surface area contributed by atoms with E-state index in [-0.39, 0.29) is 0 Å². The fraction of sp³-hybridized carbons (Fsp3) is 0.364. The van der Waals surface area contributed by atoms with Gasteiger partial charge in [0.25, 0.3) is 0 Å². The third-order valence-electron chi connectivity index (χ3n) is 5.97. The first-order chi connectivity index (χ1) is 10.9. The number of fused-ring (bicyclic) bond motifs is 2. The molecule has 0 nitrogen and oxygen atoms in total.